The van der Waals surface area contributed by atoms with Crippen LogP contribution in [0.4, 0.5) is 5.82 Å². The number of benzene rings is 1. The highest BCUT2D eigenvalue weighted by atomic mass is 35.5. The molecule has 0 aliphatic heterocycles. The Hall–Kier alpha value is -2.48. The fourth-order valence-corrected chi connectivity index (χ4v) is 3.93. The summed E-state index contributed by atoms with van der Waals surface area (Å²) in [7, 11) is 1.59. The summed E-state index contributed by atoms with van der Waals surface area (Å²) < 4.78 is 5.83. The van der Waals surface area contributed by atoms with Gasteiger partial charge in [0, 0.05) is 18.9 Å². The van der Waals surface area contributed by atoms with Crippen LogP contribution in [0.25, 0.3) is 21.7 Å². The predicted molar refractivity (Wildman–Crippen MR) is 109 cm³/mol. The molecule has 0 fully saturated rings. The number of ether oxygens (including phenoxy) is 1. The number of fused-ring (bicyclic) bond motifs is 1. The summed E-state index contributed by atoms with van der Waals surface area (Å²) >= 11 is 13.8. The molecule has 0 aliphatic rings. The molecular formula is C18H13Cl2N5OS. The van der Waals surface area contributed by atoms with E-state index in [1.807, 2.05) is 24.3 Å². The number of aromatic nitrogens is 4. The predicted octanol–water partition coefficient (Wildman–Crippen LogP) is 5.08. The van der Waals surface area contributed by atoms with Gasteiger partial charge in [0.1, 0.15) is 22.1 Å². The topological polar surface area (TPSA) is 72.8 Å². The Balaban J connectivity index is 1.69. The molecular weight excluding hydrogens is 405 g/mol. The molecule has 0 unspecified atom stereocenters. The van der Waals surface area contributed by atoms with E-state index in [2.05, 4.69) is 25.3 Å². The lowest BCUT2D eigenvalue weighted by atomic mass is 10.2. The highest BCUT2D eigenvalue weighted by Gasteiger charge is 2.13. The van der Waals surface area contributed by atoms with Crippen molar-refractivity contribution in [2.45, 2.75) is 6.54 Å². The van der Waals surface area contributed by atoms with Crippen molar-refractivity contribution >= 4 is 50.6 Å². The third-order valence-corrected chi connectivity index (χ3v) is 5.28. The van der Waals surface area contributed by atoms with Gasteiger partial charge in [-0.1, -0.05) is 29.3 Å². The number of halogens is 2. The van der Waals surface area contributed by atoms with Crippen molar-refractivity contribution < 1.29 is 4.74 Å². The average Bonchev–Trinajstić information content (AvgIpc) is 3.07. The molecule has 136 valence electrons. The van der Waals surface area contributed by atoms with Crippen LogP contribution in [-0.2, 0) is 6.54 Å². The van der Waals surface area contributed by atoms with Crippen molar-refractivity contribution in [3.8, 4) is 17.3 Å². The van der Waals surface area contributed by atoms with Gasteiger partial charge in [-0.05, 0) is 23.8 Å². The van der Waals surface area contributed by atoms with Crippen LogP contribution in [0.1, 0.15) is 5.56 Å². The van der Waals surface area contributed by atoms with Gasteiger partial charge in [-0.2, -0.15) is 0 Å². The van der Waals surface area contributed by atoms with Crippen molar-refractivity contribution in [1.29, 1.82) is 0 Å². The van der Waals surface area contributed by atoms with Crippen LogP contribution < -0.4 is 10.1 Å². The van der Waals surface area contributed by atoms with Gasteiger partial charge in [-0.15, -0.1) is 11.3 Å². The summed E-state index contributed by atoms with van der Waals surface area (Å²) in [5, 5.41) is 4.76. The number of rotatable bonds is 5. The largest absolute Gasteiger partial charge is 0.495 e. The quantitative estimate of drug-likeness (QED) is 0.488. The molecule has 0 aliphatic carbocycles. The lowest BCUT2D eigenvalue weighted by molar-refractivity contribution is 0.415. The van der Waals surface area contributed by atoms with Crippen LogP contribution in [0.3, 0.4) is 0 Å². The minimum atomic E-state index is 0.490. The fourth-order valence-electron chi connectivity index (χ4n) is 2.56. The molecule has 0 saturated heterocycles. The normalized spacial score (nSPS) is 10.9. The molecule has 0 amide bonds. The van der Waals surface area contributed by atoms with E-state index < -0.39 is 0 Å². The Morgan fingerprint density at radius 3 is 2.78 bits per heavy atom. The summed E-state index contributed by atoms with van der Waals surface area (Å²) in [5.41, 5.74) is 1.59. The van der Waals surface area contributed by atoms with E-state index in [4.69, 9.17) is 27.9 Å². The van der Waals surface area contributed by atoms with Gasteiger partial charge in [0.15, 0.2) is 5.82 Å². The van der Waals surface area contributed by atoms with Crippen LogP contribution >= 0.6 is 34.5 Å². The highest BCUT2D eigenvalue weighted by molar-refractivity contribution is 7.22. The Bertz CT molecular complexity index is 1100. The number of hydrogen-bond donors (Lipinski definition) is 1. The Labute approximate surface area is 169 Å². The second-order valence-corrected chi connectivity index (χ2v) is 7.65. The van der Waals surface area contributed by atoms with Gasteiger partial charge in [0.05, 0.1) is 28.1 Å². The molecule has 0 radical (unpaired) electrons. The molecule has 1 N–H and O–H groups in total. The first-order valence-corrected chi connectivity index (χ1v) is 9.51. The number of thiophene rings is 1. The van der Waals surface area contributed by atoms with E-state index >= 15 is 0 Å². The van der Waals surface area contributed by atoms with Crippen LogP contribution in [0, 0.1) is 0 Å². The zero-order valence-electron chi connectivity index (χ0n) is 14.1. The standard InChI is InChI=1S/C18H13Cl2N5OS/c1-26-14-3-2-10(6-12(14)19)8-23-16-11-7-15(20)27-18(11)25-17(24-16)13-9-21-4-5-22-13/h2-7,9H,8H2,1H3,(H,23,24,25). The lowest BCUT2D eigenvalue weighted by Gasteiger charge is -2.10. The SMILES string of the molecule is COc1ccc(CNc2nc(-c3cnccn3)nc3sc(Cl)cc23)cc1Cl. The van der Waals surface area contributed by atoms with E-state index in [1.54, 1.807) is 25.7 Å². The van der Waals surface area contributed by atoms with Gasteiger partial charge in [-0.3, -0.25) is 4.98 Å². The molecule has 0 saturated carbocycles. The molecule has 3 aromatic heterocycles. The van der Waals surface area contributed by atoms with Gasteiger partial charge in [-0.25, -0.2) is 15.0 Å². The molecule has 27 heavy (non-hydrogen) atoms. The maximum absolute atomic E-state index is 6.21. The number of nitrogens with one attached hydrogen (secondary N) is 1. The summed E-state index contributed by atoms with van der Waals surface area (Å²) in [6, 6.07) is 7.49. The van der Waals surface area contributed by atoms with E-state index in [0.717, 1.165) is 15.8 Å². The highest BCUT2D eigenvalue weighted by Crippen LogP contribution is 2.34. The molecule has 4 rings (SSSR count). The second kappa shape index (κ2) is 7.64. The van der Waals surface area contributed by atoms with Crippen molar-refractivity contribution in [2.75, 3.05) is 12.4 Å². The molecule has 3 heterocycles. The van der Waals surface area contributed by atoms with Crippen molar-refractivity contribution in [2.24, 2.45) is 0 Å². The Morgan fingerprint density at radius 2 is 2.04 bits per heavy atom. The van der Waals surface area contributed by atoms with Gasteiger partial charge in [0.25, 0.3) is 0 Å². The molecule has 0 atom stereocenters. The van der Waals surface area contributed by atoms with E-state index in [-0.39, 0.29) is 0 Å². The van der Waals surface area contributed by atoms with Crippen LogP contribution in [-0.4, -0.2) is 27.0 Å². The molecule has 9 heteroatoms. The number of nitrogens with zero attached hydrogens (tertiary/aromatic N) is 4. The zero-order chi connectivity index (χ0) is 18.8. The minimum Gasteiger partial charge on any atom is -0.495 e. The first kappa shape index (κ1) is 17.9. The first-order valence-electron chi connectivity index (χ1n) is 7.94. The van der Waals surface area contributed by atoms with Crippen molar-refractivity contribution in [3.05, 3.63) is 57.8 Å². The molecule has 6 nitrogen and oxygen atoms in total. The lowest BCUT2D eigenvalue weighted by Crippen LogP contribution is -2.04. The van der Waals surface area contributed by atoms with Crippen molar-refractivity contribution in [3.63, 3.8) is 0 Å². The van der Waals surface area contributed by atoms with Crippen LogP contribution in [0.15, 0.2) is 42.9 Å². The van der Waals surface area contributed by atoms with Gasteiger partial charge >= 0.3 is 0 Å². The summed E-state index contributed by atoms with van der Waals surface area (Å²) in [6.07, 6.45) is 4.84. The number of methoxy groups -OCH3 is 1. The summed E-state index contributed by atoms with van der Waals surface area (Å²) in [6.45, 7) is 0.531. The maximum atomic E-state index is 6.21. The maximum Gasteiger partial charge on any atom is 0.183 e. The summed E-state index contributed by atoms with van der Waals surface area (Å²) in [5.74, 6) is 1.81. The summed E-state index contributed by atoms with van der Waals surface area (Å²) in [4.78, 5) is 18.3. The zero-order valence-corrected chi connectivity index (χ0v) is 16.4. The van der Waals surface area contributed by atoms with Gasteiger partial charge < -0.3 is 10.1 Å². The van der Waals surface area contributed by atoms with E-state index in [1.165, 1.54) is 11.3 Å². The average molecular weight is 418 g/mol. The van der Waals surface area contributed by atoms with Crippen LogP contribution in [0.2, 0.25) is 9.36 Å². The molecule has 0 bridgehead atoms. The molecule has 4 aromatic rings. The number of anilines is 1. The smallest absolute Gasteiger partial charge is 0.183 e. The first-order chi connectivity index (χ1) is 13.1. The Morgan fingerprint density at radius 1 is 1.15 bits per heavy atom. The monoisotopic (exact) mass is 417 g/mol. The molecule has 0 spiro atoms. The minimum absolute atomic E-state index is 0.490. The third kappa shape index (κ3) is 3.80. The second-order valence-electron chi connectivity index (χ2n) is 5.58. The number of hydrogen-bond acceptors (Lipinski definition) is 7. The Kier molecular flexibility index (Phi) is 5.07. The van der Waals surface area contributed by atoms with Crippen molar-refractivity contribution in [1.82, 2.24) is 19.9 Å². The van der Waals surface area contributed by atoms with Crippen LogP contribution in [0.5, 0.6) is 5.75 Å². The van der Waals surface area contributed by atoms with Gasteiger partial charge in [0.2, 0.25) is 0 Å². The van der Waals surface area contributed by atoms with E-state index in [0.29, 0.717) is 39.0 Å². The third-order valence-electron chi connectivity index (χ3n) is 3.83. The molecule has 1 aromatic carbocycles. The van der Waals surface area contributed by atoms with E-state index in [9.17, 15) is 0 Å². The fraction of sp³-hybridized carbons (Fsp3) is 0.111.